The lowest BCUT2D eigenvalue weighted by atomic mass is 10.2. The molecule has 1 aromatic carbocycles. The summed E-state index contributed by atoms with van der Waals surface area (Å²) in [6.45, 7) is 0.441. The van der Waals surface area contributed by atoms with Crippen LogP contribution in [0.15, 0.2) is 30.3 Å². The number of ether oxygens (including phenoxy) is 1. The summed E-state index contributed by atoms with van der Waals surface area (Å²) in [5.74, 6) is -0.794. The molecule has 0 atom stereocenters. The number of nitrogens with zero attached hydrogens (tertiary/aromatic N) is 1. The second-order valence-corrected chi connectivity index (χ2v) is 4.53. The summed E-state index contributed by atoms with van der Waals surface area (Å²) in [6.07, 6.45) is 3.05. The van der Waals surface area contributed by atoms with Crippen molar-refractivity contribution in [1.29, 1.82) is 0 Å². The molecule has 21 heavy (non-hydrogen) atoms. The summed E-state index contributed by atoms with van der Waals surface area (Å²) >= 11 is 0. The highest BCUT2D eigenvalue weighted by molar-refractivity contribution is 6.01. The molecule has 1 aliphatic heterocycles. The van der Waals surface area contributed by atoms with E-state index in [9.17, 15) is 14.4 Å². The van der Waals surface area contributed by atoms with E-state index >= 15 is 0 Å². The first kappa shape index (κ1) is 14.8. The number of carboxylic acid groups (broad SMARTS) is 1. The van der Waals surface area contributed by atoms with Crippen LogP contribution in [0.1, 0.15) is 18.4 Å². The van der Waals surface area contributed by atoms with E-state index in [0.717, 1.165) is 6.08 Å². The topological polar surface area (TPSA) is 83.9 Å². The van der Waals surface area contributed by atoms with Gasteiger partial charge in [-0.25, -0.2) is 4.79 Å². The van der Waals surface area contributed by atoms with Crippen LogP contribution in [0.4, 0.5) is 0 Å². The third kappa shape index (κ3) is 4.17. The van der Waals surface area contributed by atoms with Crippen molar-refractivity contribution in [3.8, 4) is 5.75 Å². The van der Waals surface area contributed by atoms with Gasteiger partial charge < -0.3 is 9.84 Å². The molecule has 0 radical (unpaired) electrons. The predicted molar refractivity (Wildman–Crippen MR) is 74.6 cm³/mol. The highest BCUT2D eigenvalue weighted by atomic mass is 16.5. The summed E-state index contributed by atoms with van der Waals surface area (Å²) in [5, 5.41) is 8.57. The molecule has 1 aliphatic rings. The highest BCUT2D eigenvalue weighted by Crippen LogP contribution is 2.15. The van der Waals surface area contributed by atoms with E-state index in [4.69, 9.17) is 9.84 Å². The monoisotopic (exact) mass is 289 g/mol. The maximum atomic E-state index is 11.4. The summed E-state index contributed by atoms with van der Waals surface area (Å²) in [7, 11) is 0. The minimum Gasteiger partial charge on any atom is -0.492 e. The molecule has 1 saturated heterocycles. The molecule has 1 N–H and O–H groups in total. The van der Waals surface area contributed by atoms with E-state index in [1.165, 1.54) is 11.0 Å². The number of carbonyl (C=O) groups excluding carboxylic acids is 2. The van der Waals surface area contributed by atoms with Crippen LogP contribution in [0.3, 0.4) is 0 Å². The van der Waals surface area contributed by atoms with Gasteiger partial charge >= 0.3 is 5.97 Å². The van der Waals surface area contributed by atoms with Gasteiger partial charge in [0.25, 0.3) is 0 Å². The molecular formula is C15H15NO5. The average Bonchev–Trinajstić information content (AvgIpc) is 2.77. The normalized spacial score (nSPS) is 15.0. The van der Waals surface area contributed by atoms with E-state index in [-0.39, 0.29) is 37.8 Å². The molecule has 110 valence electrons. The van der Waals surface area contributed by atoms with Crippen molar-refractivity contribution < 1.29 is 24.2 Å². The van der Waals surface area contributed by atoms with E-state index in [0.29, 0.717) is 11.3 Å². The Morgan fingerprint density at radius 3 is 2.67 bits per heavy atom. The van der Waals surface area contributed by atoms with Gasteiger partial charge in [-0.1, -0.05) is 12.1 Å². The van der Waals surface area contributed by atoms with Crippen LogP contribution in [0, 0.1) is 0 Å². The van der Waals surface area contributed by atoms with Crippen molar-refractivity contribution in [2.24, 2.45) is 0 Å². The van der Waals surface area contributed by atoms with Crippen LogP contribution in [-0.2, 0) is 14.4 Å². The second kappa shape index (κ2) is 6.69. The van der Waals surface area contributed by atoms with Crippen LogP contribution >= 0.6 is 0 Å². The molecule has 0 saturated carbocycles. The zero-order valence-corrected chi connectivity index (χ0v) is 11.3. The molecule has 0 bridgehead atoms. The zero-order chi connectivity index (χ0) is 15.2. The Labute approximate surface area is 121 Å². The van der Waals surface area contributed by atoms with Gasteiger partial charge in [-0.2, -0.15) is 0 Å². The quantitative estimate of drug-likeness (QED) is 0.630. The third-order valence-corrected chi connectivity index (χ3v) is 3.01. The molecule has 1 fully saturated rings. The minimum absolute atomic E-state index is 0.165. The first-order chi connectivity index (χ1) is 10.1. The SMILES string of the molecule is O=C(O)C=Cc1cccc(OCCN2C(=O)CCC2=O)c1. The van der Waals surface area contributed by atoms with Crippen molar-refractivity contribution >= 4 is 23.9 Å². The Hall–Kier alpha value is -2.63. The lowest BCUT2D eigenvalue weighted by molar-refractivity contribution is -0.138. The lowest BCUT2D eigenvalue weighted by Gasteiger charge is -2.14. The number of hydrogen-bond acceptors (Lipinski definition) is 4. The molecule has 0 unspecified atom stereocenters. The average molecular weight is 289 g/mol. The van der Waals surface area contributed by atoms with Crippen molar-refractivity contribution in [3.05, 3.63) is 35.9 Å². The largest absolute Gasteiger partial charge is 0.492 e. The number of aliphatic carboxylic acids is 1. The summed E-state index contributed by atoms with van der Waals surface area (Å²) in [6, 6.07) is 6.90. The van der Waals surface area contributed by atoms with Gasteiger partial charge in [0.1, 0.15) is 12.4 Å². The van der Waals surface area contributed by atoms with Gasteiger partial charge in [-0.05, 0) is 23.8 Å². The Morgan fingerprint density at radius 2 is 2.00 bits per heavy atom. The second-order valence-electron chi connectivity index (χ2n) is 4.53. The van der Waals surface area contributed by atoms with Crippen LogP contribution < -0.4 is 4.74 Å². The Kier molecular flexibility index (Phi) is 4.71. The van der Waals surface area contributed by atoms with Crippen molar-refractivity contribution in [3.63, 3.8) is 0 Å². The number of hydrogen-bond donors (Lipinski definition) is 1. The minimum atomic E-state index is -1.02. The molecule has 2 amide bonds. The number of benzene rings is 1. The van der Waals surface area contributed by atoms with Gasteiger partial charge in [-0.3, -0.25) is 14.5 Å². The number of amides is 2. The maximum Gasteiger partial charge on any atom is 0.328 e. The standard InChI is InChI=1S/C15H15NO5/c17-13-5-6-14(18)16(13)8-9-21-12-3-1-2-11(10-12)4-7-15(19)20/h1-4,7,10H,5-6,8-9H2,(H,19,20). The van der Waals surface area contributed by atoms with Crippen molar-refractivity contribution in [1.82, 2.24) is 4.90 Å². The van der Waals surface area contributed by atoms with Gasteiger partial charge in [0.15, 0.2) is 0 Å². The first-order valence-electron chi connectivity index (χ1n) is 6.53. The van der Waals surface area contributed by atoms with Gasteiger partial charge in [0.2, 0.25) is 11.8 Å². The molecule has 1 heterocycles. The van der Waals surface area contributed by atoms with E-state index in [1.807, 2.05) is 0 Å². The fourth-order valence-electron chi connectivity index (χ4n) is 2.00. The van der Waals surface area contributed by atoms with E-state index in [1.54, 1.807) is 24.3 Å². The Bertz CT molecular complexity index is 577. The molecule has 2 rings (SSSR count). The molecule has 0 aliphatic carbocycles. The van der Waals surface area contributed by atoms with Crippen LogP contribution in [0.2, 0.25) is 0 Å². The molecule has 6 nitrogen and oxygen atoms in total. The Balaban J connectivity index is 1.88. The predicted octanol–water partition coefficient (Wildman–Crippen LogP) is 1.31. The summed E-state index contributed by atoms with van der Waals surface area (Å²) in [4.78, 5) is 34.5. The van der Waals surface area contributed by atoms with Gasteiger partial charge in [0, 0.05) is 18.9 Å². The fourth-order valence-corrected chi connectivity index (χ4v) is 2.00. The smallest absolute Gasteiger partial charge is 0.328 e. The highest BCUT2D eigenvalue weighted by Gasteiger charge is 2.28. The number of rotatable bonds is 6. The summed E-state index contributed by atoms with van der Waals surface area (Å²) < 4.78 is 5.48. The number of carbonyl (C=O) groups is 3. The van der Waals surface area contributed by atoms with E-state index < -0.39 is 5.97 Å². The number of likely N-dealkylation sites (tertiary alicyclic amines) is 1. The van der Waals surface area contributed by atoms with Crippen LogP contribution in [-0.4, -0.2) is 40.9 Å². The van der Waals surface area contributed by atoms with Crippen LogP contribution in [0.5, 0.6) is 5.75 Å². The lowest BCUT2D eigenvalue weighted by Crippen LogP contribution is -2.33. The first-order valence-corrected chi connectivity index (χ1v) is 6.53. The zero-order valence-electron chi connectivity index (χ0n) is 11.3. The number of imide groups is 1. The maximum absolute atomic E-state index is 11.4. The van der Waals surface area contributed by atoms with Gasteiger partial charge in [-0.15, -0.1) is 0 Å². The molecule has 1 aromatic rings. The molecule has 0 aromatic heterocycles. The van der Waals surface area contributed by atoms with Crippen molar-refractivity contribution in [2.75, 3.05) is 13.2 Å². The Morgan fingerprint density at radius 1 is 1.29 bits per heavy atom. The molecule has 0 spiro atoms. The third-order valence-electron chi connectivity index (χ3n) is 3.01. The van der Waals surface area contributed by atoms with Gasteiger partial charge in [0.05, 0.1) is 6.54 Å². The van der Waals surface area contributed by atoms with E-state index in [2.05, 4.69) is 0 Å². The van der Waals surface area contributed by atoms with Crippen LogP contribution in [0.25, 0.3) is 6.08 Å². The fraction of sp³-hybridized carbons (Fsp3) is 0.267. The number of carboxylic acids is 1. The van der Waals surface area contributed by atoms with Crippen molar-refractivity contribution in [2.45, 2.75) is 12.8 Å². The molecule has 6 heteroatoms. The summed E-state index contributed by atoms with van der Waals surface area (Å²) in [5.41, 5.74) is 0.697. The molecular weight excluding hydrogens is 274 g/mol.